The molecule has 15 heavy (non-hydrogen) atoms. The van der Waals surface area contributed by atoms with Gasteiger partial charge in [-0.25, -0.2) is 0 Å². The van der Waals surface area contributed by atoms with Crippen molar-refractivity contribution in [3.8, 4) is 5.75 Å². The smallest absolute Gasteiger partial charge is 0.125 e. The van der Waals surface area contributed by atoms with Gasteiger partial charge in [0.1, 0.15) is 17.0 Å². The van der Waals surface area contributed by atoms with Crippen molar-refractivity contribution in [3.05, 3.63) is 43.2 Å². The molecule has 0 unspecified atom stereocenters. The molecule has 1 heterocycles. The highest BCUT2D eigenvalue weighted by molar-refractivity contribution is 5.93. The molecule has 2 rings (SSSR count). The van der Waals surface area contributed by atoms with Gasteiger partial charge in [0.15, 0.2) is 0 Å². The van der Waals surface area contributed by atoms with Gasteiger partial charge in [-0.1, -0.05) is 6.58 Å². The molecule has 0 saturated carbocycles. The third kappa shape index (κ3) is 1.69. The van der Waals surface area contributed by atoms with E-state index in [-0.39, 0.29) is 5.75 Å². The minimum atomic E-state index is 0.190. The maximum absolute atomic E-state index is 9.59. The first-order valence-electron chi connectivity index (χ1n) is 4.41. The van der Waals surface area contributed by atoms with Crippen LogP contribution in [0.1, 0.15) is 0 Å². The maximum atomic E-state index is 9.59. The lowest BCUT2D eigenvalue weighted by molar-refractivity contribution is 0.481. The van der Waals surface area contributed by atoms with E-state index in [0.717, 1.165) is 0 Å². The Morgan fingerprint density at radius 1 is 1.33 bits per heavy atom. The number of phenolic OH excluding ortho intramolecular Hbond substituents is 1. The zero-order chi connectivity index (χ0) is 10.7. The van der Waals surface area contributed by atoms with Gasteiger partial charge in [-0.3, -0.25) is 4.98 Å². The average Bonchev–Trinajstić information content (AvgIpc) is 2.29. The second-order valence-electron chi connectivity index (χ2n) is 2.90. The number of nitrogens with zero attached hydrogens (tertiary/aromatic N) is 3. The molecule has 4 heteroatoms. The fourth-order valence-corrected chi connectivity index (χ4v) is 1.33. The van der Waals surface area contributed by atoms with E-state index in [1.807, 2.05) is 0 Å². The maximum Gasteiger partial charge on any atom is 0.125 e. The molecule has 0 aliphatic rings. The lowest BCUT2D eigenvalue weighted by Gasteiger charge is -2.01. The fourth-order valence-electron chi connectivity index (χ4n) is 1.33. The van der Waals surface area contributed by atoms with Crippen LogP contribution in [0.2, 0.25) is 0 Å². The number of benzene rings is 1. The molecule has 0 saturated heterocycles. The predicted octanol–water partition coefficient (Wildman–Crippen LogP) is 3.17. The summed E-state index contributed by atoms with van der Waals surface area (Å²) in [6.45, 7) is 3.44. The monoisotopic (exact) mass is 199 g/mol. The Balaban J connectivity index is 2.71. The molecule has 74 valence electrons. The Bertz CT molecular complexity index is 534. The van der Waals surface area contributed by atoms with E-state index in [9.17, 15) is 5.11 Å². The van der Waals surface area contributed by atoms with Gasteiger partial charge < -0.3 is 5.11 Å². The van der Waals surface area contributed by atoms with Gasteiger partial charge >= 0.3 is 0 Å². The third-order valence-corrected chi connectivity index (χ3v) is 1.97. The van der Waals surface area contributed by atoms with E-state index in [2.05, 4.69) is 21.8 Å². The van der Waals surface area contributed by atoms with Crippen molar-refractivity contribution in [2.24, 2.45) is 10.2 Å². The van der Waals surface area contributed by atoms with Crippen molar-refractivity contribution in [2.45, 2.75) is 0 Å². The highest BCUT2D eigenvalue weighted by atomic mass is 16.3. The number of hydrogen-bond donors (Lipinski definition) is 1. The number of pyridine rings is 1. The molecule has 0 amide bonds. The van der Waals surface area contributed by atoms with Crippen molar-refractivity contribution >= 4 is 16.6 Å². The summed E-state index contributed by atoms with van der Waals surface area (Å²) in [5, 5.41) is 17.9. The van der Waals surface area contributed by atoms with Crippen molar-refractivity contribution in [2.75, 3.05) is 0 Å². The van der Waals surface area contributed by atoms with Gasteiger partial charge in [0.2, 0.25) is 0 Å². The molecule has 0 spiro atoms. The van der Waals surface area contributed by atoms with Crippen LogP contribution in [0.3, 0.4) is 0 Å². The molecule has 1 aromatic carbocycles. The molecule has 4 nitrogen and oxygen atoms in total. The highest BCUT2D eigenvalue weighted by Crippen LogP contribution is 2.30. The lowest BCUT2D eigenvalue weighted by Crippen LogP contribution is -1.78. The summed E-state index contributed by atoms with van der Waals surface area (Å²) in [5.74, 6) is 0.190. The lowest BCUT2D eigenvalue weighted by atomic mass is 10.2. The third-order valence-electron chi connectivity index (χ3n) is 1.97. The van der Waals surface area contributed by atoms with E-state index in [4.69, 9.17) is 0 Å². The van der Waals surface area contributed by atoms with Crippen LogP contribution in [0.5, 0.6) is 5.75 Å². The normalized spacial score (nSPS) is 10.9. The first-order chi connectivity index (χ1) is 7.33. The van der Waals surface area contributed by atoms with Crippen LogP contribution >= 0.6 is 0 Å². The molecule has 0 radical (unpaired) electrons. The minimum absolute atomic E-state index is 0.190. The Morgan fingerprint density at radius 3 is 3.00 bits per heavy atom. The van der Waals surface area contributed by atoms with Crippen LogP contribution in [0.4, 0.5) is 5.69 Å². The van der Waals surface area contributed by atoms with Crippen molar-refractivity contribution < 1.29 is 5.11 Å². The Hall–Kier alpha value is -2.23. The second-order valence-corrected chi connectivity index (χ2v) is 2.90. The van der Waals surface area contributed by atoms with Gasteiger partial charge in [0.05, 0.1) is 0 Å². The van der Waals surface area contributed by atoms with Crippen molar-refractivity contribution in [1.29, 1.82) is 0 Å². The number of rotatable bonds is 2. The number of azo groups is 1. The first-order valence-corrected chi connectivity index (χ1v) is 4.41. The van der Waals surface area contributed by atoms with E-state index < -0.39 is 0 Å². The Kier molecular flexibility index (Phi) is 2.41. The second kappa shape index (κ2) is 3.88. The van der Waals surface area contributed by atoms with Gasteiger partial charge in [0.25, 0.3) is 0 Å². The molecule has 1 aromatic heterocycles. The number of hydrogen-bond acceptors (Lipinski definition) is 4. The minimum Gasteiger partial charge on any atom is -0.507 e. The van der Waals surface area contributed by atoms with Crippen LogP contribution in [0, 0.1) is 0 Å². The topological polar surface area (TPSA) is 57.8 Å². The van der Waals surface area contributed by atoms with Crippen LogP contribution in [0.25, 0.3) is 10.9 Å². The number of fused-ring (bicyclic) bond motifs is 1. The standard InChI is InChI=1S/C11H9N3O/c1-2-13-14-9-5-6-10(15)8-4-3-7-12-11(8)9/h2-7,15H,1H2. The SMILES string of the molecule is C=CN=Nc1ccc(O)c2cccnc12. The van der Waals surface area contributed by atoms with Gasteiger partial charge in [-0.15, -0.1) is 5.11 Å². The quantitative estimate of drug-likeness (QED) is 0.755. The molecule has 0 fully saturated rings. The molecule has 2 aromatic rings. The summed E-state index contributed by atoms with van der Waals surface area (Å²) in [6, 6.07) is 6.78. The summed E-state index contributed by atoms with van der Waals surface area (Å²) in [5.41, 5.74) is 1.24. The molecular formula is C11H9N3O. The Morgan fingerprint density at radius 2 is 2.20 bits per heavy atom. The largest absolute Gasteiger partial charge is 0.507 e. The molecule has 1 N–H and O–H groups in total. The molecule has 0 aliphatic heterocycles. The van der Waals surface area contributed by atoms with E-state index in [0.29, 0.717) is 16.6 Å². The highest BCUT2D eigenvalue weighted by Gasteiger charge is 2.04. The van der Waals surface area contributed by atoms with E-state index in [1.54, 1.807) is 30.5 Å². The average molecular weight is 199 g/mol. The first kappa shape index (κ1) is 9.33. The summed E-state index contributed by atoms with van der Waals surface area (Å²) in [4.78, 5) is 4.15. The van der Waals surface area contributed by atoms with Crippen molar-refractivity contribution in [3.63, 3.8) is 0 Å². The number of aromatic nitrogens is 1. The van der Waals surface area contributed by atoms with Crippen LogP contribution in [-0.4, -0.2) is 10.1 Å². The summed E-state index contributed by atoms with van der Waals surface area (Å²) in [7, 11) is 0. The van der Waals surface area contributed by atoms with Crippen LogP contribution in [-0.2, 0) is 0 Å². The van der Waals surface area contributed by atoms with Gasteiger partial charge in [0, 0.05) is 17.8 Å². The number of phenols is 1. The molecule has 0 aliphatic carbocycles. The van der Waals surface area contributed by atoms with Gasteiger partial charge in [-0.2, -0.15) is 5.11 Å². The molecule has 0 bridgehead atoms. The molecular weight excluding hydrogens is 190 g/mol. The summed E-state index contributed by atoms with van der Waals surface area (Å²) < 4.78 is 0. The zero-order valence-corrected chi connectivity index (χ0v) is 7.96. The predicted molar refractivity (Wildman–Crippen MR) is 58.1 cm³/mol. The van der Waals surface area contributed by atoms with E-state index >= 15 is 0 Å². The van der Waals surface area contributed by atoms with E-state index in [1.165, 1.54) is 6.20 Å². The summed E-state index contributed by atoms with van der Waals surface area (Å²) in [6.07, 6.45) is 3.00. The molecule has 0 atom stereocenters. The summed E-state index contributed by atoms with van der Waals surface area (Å²) >= 11 is 0. The fraction of sp³-hybridized carbons (Fsp3) is 0. The zero-order valence-electron chi connectivity index (χ0n) is 7.96. The van der Waals surface area contributed by atoms with Crippen LogP contribution in [0.15, 0.2) is 53.5 Å². The number of aromatic hydroxyl groups is 1. The van der Waals surface area contributed by atoms with Crippen molar-refractivity contribution in [1.82, 2.24) is 4.98 Å². The Labute approximate surface area is 86.6 Å². The van der Waals surface area contributed by atoms with Gasteiger partial charge in [-0.05, 0) is 24.3 Å². The van der Waals surface area contributed by atoms with Crippen LogP contribution < -0.4 is 0 Å².